The molecule has 5 nitrogen and oxygen atoms in total. The van der Waals surface area contributed by atoms with Crippen LogP contribution in [0, 0.1) is 11.8 Å². The topological polar surface area (TPSA) is 68.3 Å². The Morgan fingerprint density at radius 3 is 2.95 bits per heavy atom. The van der Waals surface area contributed by atoms with Crippen LogP contribution < -0.4 is 9.46 Å². The molecule has 0 bridgehead atoms. The molecule has 104 valence electrons. The first-order valence-corrected chi connectivity index (χ1v) is 7.75. The summed E-state index contributed by atoms with van der Waals surface area (Å²) in [7, 11) is -3.19. The number of unbranched alkanes of at least 4 members (excludes halogenated alkanes) is 1. The summed E-state index contributed by atoms with van der Waals surface area (Å²) < 4.78 is 30.6. The second-order valence-corrected chi connectivity index (χ2v) is 5.75. The van der Waals surface area contributed by atoms with Crippen molar-refractivity contribution in [1.82, 2.24) is 9.71 Å². The van der Waals surface area contributed by atoms with Crippen molar-refractivity contribution < 1.29 is 13.2 Å². The fraction of sp³-hybridized carbons (Fsp3) is 0.462. The van der Waals surface area contributed by atoms with Gasteiger partial charge in [-0.1, -0.05) is 25.2 Å². The molecule has 0 saturated heterocycles. The molecular formula is C13H18N2O3S. The minimum Gasteiger partial charge on any atom is -0.479 e. The molecule has 0 aliphatic rings. The van der Waals surface area contributed by atoms with Crippen molar-refractivity contribution >= 4 is 10.0 Å². The highest BCUT2D eigenvalue weighted by atomic mass is 32.2. The van der Waals surface area contributed by atoms with Gasteiger partial charge in [0.2, 0.25) is 10.0 Å². The first-order valence-electron chi connectivity index (χ1n) is 6.10. The van der Waals surface area contributed by atoms with Crippen LogP contribution in [-0.2, 0) is 10.0 Å². The lowest BCUT2D eigenvalue weighted by molar-refractivity contribution is 0.368. The van der Waals surface area contributed by atoms with Crippen LogP contribution in [0.15, 0.2) is 24.5 Å². The number of nitrogens with one attached hydrogen (secondary N) is 1. The van der Waals surface area contributed by atoms with Gasteiger partial charge in [0.15, 0.2) is 0 Å². The second-order valence-electron chi connectivity index (χ2n) is 3.82. The molecule has 0 fully saturated rings. The molecule has 1 heterocycles. The molecule has 1 N–H and O–H groups in total. The molecule has 19 heavy (non-hydrogen) atoms. The summed E-state index contributed by atoms with van der Waals surface area (Å²) in [6, 6.07) is 3.55. The quantitative estimate of drug-likeness (QED) is 0.763. The maximum atomic E-state index is 11.4. The van der Waals surface area contributed by atoms with Crippen molar-refractivity contribution in [1.29, 1.82) is 0 Å². The molecule has 1 aromatic heterocycles. The zero-order valence-electron chi connectivity index (χ0n) is 10.9. The Kier molecular flexibility index (Phi) is 6.93. The van der Waals surface area contributed by atoms with Crippen LogP contribution in [0.4, 0.5) is 0 Å². The van der Waals surface area contributed by atoms with Crippen LogP contribution in [0.25, 0.3) is 0 Å². The molecule has 6 heteroatoms. The third-order valence-corrected chi connectivity index (χ3v) is 3.63. The number of hydrogen-bond acceptors (Lipinski definition) is 4. The number of pyridine rings is 1. The molecule has 0 aliphatic heterocycles. The first kappa shape index (κ1) is 15.5. The summed E-state index contributed by atoms with van der Waals surface area (Å²) >= 11 is 0. The average Bonchev–Trinajstić information content (AvgIpc) is 2.42. The van der Waals surface area contributed by atoms with Gasteiger partial charge in [-0.25, -0.2) is 13.1 Å². The second kappa shape index (κ2) is 8.51. The Hall–Kier alpha value is -1.58. The van der Waals surface area contributed by atoms with Crippen molar-refractivity contribution in [2.24, 2.45) is 0 Å². The van der Waals surface area contributed by atoms with E-state index in [1.165, 1.54) is 0 Å². The van der Waals surface area contributed by atoms with Crippen LogP contribution in [0.3, 0.4) is 0 Å². The number of ether oxygens (including phenoxy) is 1. The molecule has 0 atom stereocenters. The summed E-state index contributed by atoms with van der Waals surface area (Å²) in [5.41, 5.74) is 0. The van der Waals surface area contributed by atoms with Gasteiger partial charge < -0.3 is 4.74 Å². The molecule has 0 spiro atoms. The number of aromatic nitrogens is 1. The number of hydrogen-bond donors (Lipinski definition) is 1. The van der Waals surface area contributed by atoms with Crippen LogP contribution in [-0.4, -0.2) is 32.3 Å². The fourth-order valence-electron chi connectivity index (χ4n) is 1.22. The normalized spacial score (nSPS) is 10.6. The van der Waals surface area contributed by atoms with Crippen molar-refractivity contribution in [2.45, 2.75) is 19.8 Å². The first-order chi connectivity index (χ1) is 9.14. The van der Waals surface area contributed by atoms with E-state index >= 15 is 0 Å². The van der Waals surface area contributed by atoms with Crippen molar-refractivity contribution in [3.8, 4) is 17.6 Å². The van der Waals surface area contributed by atoms with Gasteiger partial charge in [-0.15, -0.1) is 0 Å². The van der Waals surface area contributed by atoms with E-state index in [2.05, 4.69) is 21.5 Å². The highest BCUT2D eigenvalue weighted by Gasteiger charge is 2.06. The van der Waals surface area contributed by atoms with Gasteiger partial charge in [-0.05, 0) is 18.6 Å². The van der Waals surface area contributed by atoms with Crippen LogP contribution in [0.1, 0.15) is 19.8 Å². The highest BCUT2D eigenvalue weighted by Crippen LogP contribution is 2.04. The maximum Gasteiger partial charge on any atom is 0.212 e. The van der Waals surface area contributed by atoms with E-state index in [-0.39, 0.29) is 18.9 Å². The lowest BCUT2D eigenvalue weighted by atomic mass is 10.4. The number of sulfonamides is 1. The summed E-state index contributed by atoms with van der Waals surface area (Å²) in [6.45, 7) is 2.27. The summed E-state index contributed by atoms with van der Waals surface area (Å²) in [5.74, 6) is 6.23. The zero-order valence-corrected chi connectivity index (χ0v) is 11.7. The van der Waals surface area contributed by atoms with Gasteiger partial charge in [0.25, 0.3) is 0 Å². The van der Waals surface area contributed by atoms with E-state index in [4.69, 9.17) is 4.74 Å². The summed E-state index contributed by atoms with van der Waals surface area (Å²) in [6.07, 6.45) is 4.76. The van der Waals surface area contributed by atoms with Gasteiger partial charge in [-0.3, -0.25) is 4.98 Å². The predicted octanol–water partition coefficient (Wildman–Crippen LogP) is 1.18. The fourth-order valence-corrected chi connectivity index (χ4v) is 2.32. The van der Waals surface area contributed by atoms with E-state index in [1.54, 1.807) is 24.5 Å². The summed E-state index contributed by atoms with van der Waals surface area (Å²) in [4.78, 5) is 3.90. The minimum absolute atomic E-state index is 0.114. The van der Waals surface area contributed by atoms with E-state index < -0.39 is 10.0 Å². The van der Waals surface area contributed by atoms with Gasteiger partial charge in [0, 0.05) is 6.20 Å². The Morgan fingerprint density at radius 2 is 2.26 bits per heavy atom. The van der Waals surface area contributed by atoms with Crippen LogP contribution in [0.2, 0.25) is 0 Å². The van der Waals surface area contributed by atoms with Crippen molar-refractivity contribution in [3.63, 3.8) is 0 Å². The third kappa shape index (κ3) is 7.44. The molecule has 0 radical (unpaired) electrons. The monoisotopic (exact) mass is 282 g/mol. The van der Waals surface area contributed by atoms with Gasteiger partial charge >= 0.3 is 0 Å². The van der Waals surface area contributed by atoms with Crippen LogP contribution in [0.5, 0.6) is 5.75 Å². The maximum absolute atomic E-state index is 11.4. The Bertz CT molecular complexity index is 518. The molecular weight excluding hydrogens is 264 g/mol. The number of rotatable bonds is 7. The van der Waals surface area contributed by atoms with Gasteiger partial charge in [0.1, 0.15) is 12.4 Å². The zero-order chi connectivity index (χ0) is 14.0. The van der Waals surface area contributed by atoms with Crippen molar-refractivity contribution in [2.75, 3.05) is 18.9 Å². The van der Waals surface area contributed by atoms with Gasteiger partial charge in [0.05, 0.1) is 18.5 Å². The Labute approximate surface area is 114 Å². The molecule has 1 rings (SSSR count). The smallest absolute Gasteiger partial charge is 0.212 e. The van der Waals surface area contributed by atoms with Crippen molar-refractivity contribution in [3.05, 3.63) is 24.5 Å². The standard InChI is InChI=1S/C13H18N2O3S/c1-2-3-11-19(16,17)15-9-4-5-10-18-13-7-6-8-14-12-13/h6-8,12,15H,2-3,9-11H2,1H3. The lowest BCUT2D eigenvalue weighted by Gasteiger charge is -2.01. The molecule has 0 amide bonds. The average molecular weight is 282 g/mol. The van der Waals surface area contributed by atoms with Gasteiger partial charge in [-0.2, -0.15) is 0 Å². The highest BCUT2D eigenvalue weighted by molar-refractivity contribution is 7.89. The van der Waals surface area contributed by atoms with E-state index in [0.717, 1.165) is 6.42 Å². The number of nitrogens with zero attached hydrogens (tertiary/aromatic N) is 1. The summed E-state index contributed by atoms with van der Waals surface area (Å²) in [5, 5.41) is 0. The lowest BCUT2D eigenvalue weighted by Crippen LogP contribution is -2.26. The minimum atomic E-state index is -3.19. The third-order valence-electron chi connectivity index (χ3n) is 2.22. The largest absolute Gasteiger partial charge is 0.479 e. The Morgan fingerprint density at radius 1 is 1.42 bits per heavy atom. The predicted molar refractivity (Wildman–Crippen MR) is 74.2 cm³/mol. The molecule has 0 saturated carbocycles. The Balaban J connectivity index is 2.22. The molecule has 1 aromatic rings. The van der Waals surface area contributed by atoms with E-state index in [0.29, 0.717) is 12.2 Å². The molecule has 0 aliphatic carbocycles. The molecule has 0 aromatic carbocycles. The van der Waals surface area contributed by atoms with E-state index in [1.807, 2.05) is 6.92 Å². The SMILES string of the molecule is CCCCS(=O)(=O)NCC#CCOc1cccnc1. The van der Waals surface area contributed by atoms with E-state index in [9.17, 15) is 8.42 Å². The van der Waals surface area contributed by atoms with Crippen LogP contribution >= 0.6 is 0 Å². The molecule has 0 unspecified atom stereocenters.